The van der Waals surface area contributed by atoms with E-state index >= 15 is 0 Å². The maximum atomic E-state index is 14.2. The van der Waals surface area contributed by atoms with Gasteiger partial charge in [0.15, 0.2) is 0 Å². The Morgan fingerprint density at radius 2 is 1.50 bits per heavy atom. The van der Waals surface area contributed by atoms with Gasteiger partial charge in [-0.1, -0.05) is 30.3 Å². The van der Waals surface area contributed by atoms with Gasteiger partial charge < -0.3 is 10.1 Å². The number of carbonyl (C=O) groups excluding carboxylic acids is 2. The molecule has 4 rings (SSSR count). The summed E-state index contributed by atoms with van der Waals surface area (Å²) >= 11 is 0. The fraction of sp³-hybridized carbons (Fsp3) is 0.286. The Bertz CT molecular complexity index is 1420. The number of sulfonamides is 1. The minimum absolute atomic E-state index is 0.101. The van der Waals surface area contributed by atoms with E-state index in [0.29, 0.717) is 22.4 Å². The number of benzene rings is 3. The summed E-state index contributed by atoms with van der Waals surface area (Å²) in [6.07, 6.45) is 0.254. The molecule has 0 saturated carbocycles. The molecule has 1 heterocycles. The Morgan fingerprint density at radius 1 is 0.917 bits per heavy atom. The molecule has 0 saturated heterocycles. The van der Waals surface area contributed by atoms with Gasteiger partial charge in [-0.15, -0.1) is 0 Å². The first kappa shape index (κ1) is 25.6. The van der Waals surface area contributed by atoms with Gasteiger partial charge in [0.2, 0.25) is 15.9 Å². The first-order valence-corrected chi connectivity index (χ1v) is 13.1. The van der Waals surface area contributed by atoms with E-state index in [0.717, 1.165) is 22.3 Å². The molecule has 3 aromatic carbocycles. The molecule has 8 heteroatoms. The molecule has 1 aliphatic heterocycles. The molecule has 36 heavy (non-hydrogen) atoms. The van der Waals surface area contributed by atoms with Gasteiger partial charge in [-0.2, -0.15) is 4.31 Å². The lowest BCUT2D eigenvalue weighted by atomic mass is 9.95. The summed E-state index contributed by atoms with van der Waals surface area (Å²) < 4.78 is 34.4. The number of carbonyl (C=O) groups is 2. The summed E-state index contributed by atoms with van der Waals surface area (Å²) in [5.74, 6) is -0.910. The second-order valence-electron chi connectivity index (χ2n) is 9.19. The summed E-state index contributed by atoms with van der Waals surface area (Å²) in [6.45, 7) is 7.52. The van der Waals surface area contributed by atoms with Crippen molar-refractivity contribution in [2.45, 2.75) is 51.6 Å². The third-order valence-electron chi connectivity index (χ3n) is 6.95. The fourth-order valence-electron chi connectivity index (χ4n) is 4.69. The molecule has 1 amide bonds. The lowest BCUT2D eigenvalue weighted by Crippen LogP contribution is -2.50. The second-order valence-corrected chi connectivity index (χ2v) is 11.0. The third-order valence-corrected chi connectivity index (χ3v) is 9.07. The molecule has 1 aliphatic rings. The number of nitrogens with zero attached hydrogens (tertiary/aromatic N) is 1. The minimum Gasteiger partial charge on any atom is -0.465 e. The van der Waals surface area contributed by atoms with Crippen LogP contribution in [-0.2, 0) is 32.5 Å². The van der Waals surface area contributed by atoms with Crippen molar-refractivity contribution in [3.05, 3.63) is 93.5 Å². The van der Waals surface area contributed by atoms with Crippen molar-refractivity contribution in [1.29, 1.82) is 0 Å². The van der Waals surface area contributed by atoms with Crippen LogP contribution in [0.2, 0.25) is 0 Å². The number of anilines is 1. The lowest BCUT2D eigenvalue weighted by Gasteiger charge is -2.36. The van der Waals surface area contributed by atoms with E-state index in [-0.39, 0.29) is 17.9 Å². The van der Waals surface area contributed by atoms with Gasteiger partial charge in [0, 0.05) is 12.2 Å². The highest BCUT2D eigenvalue weighted by Gasteiger charge is 2.41. The molecule has 3 aromatic rings. The van der Waals surface area contributed by atoms with Gasteiger partial charge in [-0.3, -0.25) is 4.79 Å². The number of amides is 1. The largest absolute Gasteiger partial charge is 0.465 e. The molecule has 0 radical (unpaired) electrons. The van der Waals surface area contributed by atoms with E-state index in [2.05, 4.69) is 5.32 Å². The number of hydrogen-bond donors (Lipinski definition) is 1. The van der Waals surface area contributed by atoms with E-state index in [1.807, 2.05) is 58.0 Å². The van der Waals surface area contributed by atoms with Crippen LogP contribution >= 0.6 is 0 Å². The maximum absolute atomic E-state index is 14.2. The highest BCUT2D eigenvalue weighted by Crippen LogP contribution is 2.34. The van der Waals surface area contributed by atoms with Crippen LogP contribution in [0.1, 0.15) is 43.7 Å². The Kier molecular flexibility index (Phi) is 7.02. The molecule has 0 fully saturated rings. The van der Waals surface area contributed by atoms with Crippen molar-refractivity contribution in [2.75, 3.05) is 12.4 Å². The Morgan fingerprint density at radius 3 is 2.08 bits per heavy atom. The smallest absolute Gasteiger partial charge is 0.337 e. The predicted molar refractivity (Wildman–Crippen MR) is 138 cm³/mol. The number of methoxy groups -OCH3 is 1. The quantitative estimate of drug-likeness (QED) is 0.516. The van der Waals surface area contributed by atoms with Crippen molar-refractivity contribution in [3.8, 4) is 0 Å². The third kappa shape index (κ3) is 4.66. The standard InChI is InChI=1S/C28H30N2O5S/c1-17-14-18(2)20(4)26(19(17)3)36(33,34)30-16-23-9-7-6-8-22(23)15-25(30)27(31)29-24-12-10-21(11-13-24)28(32)35-5/h6-14,25H,15-16H2,1-5H3,(H,29,31)/t25-/m0/s1. The van der Waals surface area contributed by atoms with E-state index in [1.54, 1.807) is 24.3 Å². The van der Waals surface area contributed by atoms with Gasteiger partial charge in [0.25, 0.3) is 0 Å². The molecular formula is C28H30N2O5S. The van der Waals surface area contributed by atoms with Crippen LogP contribution in [0.3, 0.4) is 0 Å². The van der Waals surface area contributed by atoms with Gasteiger partial charge in [0.1, 0.15) is 6.04 Å². The van der Waals surface area contributed by atoms with Crippen molar-refractivity contribution in [3.63, 3.8) is 0 Å². The monoisotopic (exact) mass is 506 g/mol. The molecule has 7 nitrogen and oxygen atoms in total. The molecule has 0 unspecified atom stereocenters. The van der Waals surface area contributed by atoms with Gasteiger partial charge in [-0.05, 0) is 91.8 Å². The molecule has 188 valence electrons. The zero-order valence-electron chi connectivity index (χ0n) is 21.1. The molecule has 1 atom stereocenters. The average molecular weight is 507 g/mol. The highest BCUT2D eigenvalue weighted by molar-refractivity contribution is 7.89. The van der Waals surface area contributed by atoms with Crippen molar-refractivity contribution < 1.29 is 22.7 Å². The van der Waals surface area contributed by atoms with Crippen LogP contribution in [0, 0.1) is 27.7 Å². The fourth-order valence-corrected chi connectivity index (χ4v) is 6.84. The summed E-state index contributed by atoms with van der Waals surface area (Å²) in [5, 5.41) is 2.83. The highest BCUT2D eigenvalue weighted by atomic mass is 32.2. The minimum atomic E-state index is -4.01. The molecule has 0 spiro atoms. The van der Waals surface area contributed by atoms with E-state index < -0.39 is 27.9 Å². The normalized spacial score (nSPS) is 15.8. The number of rotatable bonds is 5. The first-order valence-electron chi connectivity index (χ1n) is 11.7. The molecule has 1 N–H and O–H groups in total. The summed E-state index contributed by atoms with van der Waals surface area (Å²) in [4.78, 5) is 25.5. The summed E-state index contributed by atoms with van der Waals surface area (Å²) in [5.41, 5.74) is 5.80. The molecule has 0 aromatic heterocycles. The van der Waals surface area contributed by atoms with Crippen LogP contribution < -0.4 is 5.32 Å². The van der Waals surface area contributed by atoms with E-state index in [9.17, 15) is 18.0 Å². The van der Waals surface area contributed by atoms with Gasteiger partial charge in [0.05, 0.1) is 17.6 Å². The number of ether oxygens (including phenoxy) is 1. The predicted octanol–water partition coefficient (Wildman–Crippen LogP) is 4.46. The van der Waals surface area contributed by atoms with Crippen molar-refractivity contribution in [2.24, 2.45) is 0 Å². The van der Waals surface area contributed by atoms with E-state index in [1.165, 1.54) is 11.4 Å². The number of aryl methyl sites for hydroxylation is 2. The summed E-state index contributed by atoms with van der Waals surface area (Å²) in [7, 11) is -2.71. The number of fused-ring (bicyclic) bond motifs is 1. The van der Waals surface area contributed by atoms with Crippen LogP contribution in [0.4, 0.5) is 5.69 Å². The van der Waals surface area contributed by atoms with Gasteiger partial charge in [-0.25, -0.2) is 13.2 Å². The lowest BCUT2D eigenvalue weighted by molar-refractivity contribution is -0.120. The zero-order chi connectivity index (χ0) is 26.2. The molecular weight excluding hydrogens is 476 g/mol. The number of esters is 1. The molecule has 0 aliphatic carbocycles. The van der Waals surface area contributed by atoms with Crippen LogP contribution in [0.25, 0.3) is 0 Å². The van der Waals surface area contributed by atoms with Gasteiger partial charge >= 0.3 is 5.97 Å². The second kappa shape index (κ2) is 9.87. The Labute approximate surface area is 212 Å². The number of nitrogens with one attached hydrogen (secondary N) is 1. The van der Waals surface area contributed by atoms with Crippen LogP contribution in [0.15, 0.2) is 59.5 Å². The van der Waals surface area contributed by atoms with Crippen LogP contribution in [-0.4, -0.2) is 37.8 Å². The summed E-state index contributed by atoms with van der Waals surface area (Å²) in [6, 6.07) is 14.9. The average Bonchev–Trinajstić information content (AvgIpc) is 2.86. The Balaban J connectivity index is 1.74. The number of hydrogen-bond acceptors (Lipinski definition) is 5. The van der Waals surface area contributed by atoms with E-state index in [4.69, 9.17) is 4.74 Å². The first-order chi connectivity index (χ1) is 17.0. The zero-order valence-corrected chi connectivity index (χ0v) is 21.9. The topological polar surface area (TPSA) is 92.8 Å². The van der Waals surface area contributed by atoms with Crippen LogP contribution in [0.5, 0.6) is 0 Å². The maximum Gasteiger partial charge on any atom is 0.337 e. The molecule has 0 bridgehead atoms. The van der Waals surface area contributed by atoms with Crippen molar-refractivity contribution in [1.82, 2.24) is 4.31 Å². The Hall–Kier alpha value is -3.49. The SMILES string of the molecule is COC(=O)c1ccc(NC(=O)[C@@H]2Cc3ccccc3CN2S(=O)(=O)c2c(C)c(C)cc(C)c2C)cc1. The van der Waals surface area contributed by atoms with Crippen molar-refractivity contribution >= 4 is 27.6 Å².